The Kier molecular flexibility index (Phi) is 8.42. The molecule has 1 aromatic heterocycles. The summed E-state index contributed by atoms with van der Waals surface area (Å²) < 4.78 is 48.0. The number of piperidine rings is 1. The van der Waals surface area contributed by atoms with Crippen molar-refractivity contribution in [3.05, 3.63) is 28.8 Å². The van der Waals surface area contributed by atoms with E-state index in [4.69, 9.17) is 4.74 Å². The van der Waals surface area contributed by atoms with Crippen molar-refractivity contribution in [3.8, 4) is 5.75 Å². The number of nitrogens with zero attached hydrogens (tertiary/aromatic N) is 4. The van der Waals surface area contributed by atoms with Crippen LogP contribution in [0.15, 0.2) is 18.2 Å². The Labute approximate surface area is 210 Å². The summed E-state index contributed by atoms with van der Waals surface area (Å²) >= 11 is 1.33. The van der Waals surface area contributed by atoms with E-state index in [0.717, 1.165) is 37.1 Å². The van der Waals surface area contributed by atoms with Crippen LogP contribution in [0.5, 0.6) is 5.75 Å². The quantitative estimate of drug-likeness (QED) is 0.522. The summed E-state index contributed by atoms with van der Waals surface area (Å²) in [5.74, 6) is -0.791. The Morgan fingerprint density at radius 1 is 1.17 bits per heavy atom. The largest absolute Gasteiger partial charge is 0.573 e. The van der Waals surface area contributed by atoms with Crippen LogP contribution in [-0.4, -0.2) is 79.1 Å². The number of ketones is 1. The third-order valence-electron chi connectivity index (χ3n) is 6.09. The molecule has 2 saturated heterocycles. The van der Waals surface area contributed by atoms with E-state index >= 15 is 0 Å². The molecule has 0 bridgehead atoms. The van der Waals surface area contributed by atoms with Crippen LogP contribution in [0.3, 0.4) is 0 Å². The number of halogens is 3. The number of amides is 1. The van der Waals surface area contributed by atoms with Crippen LogP contribution in [0.1, 0.15) is 35.1 Å². The Morgan fingerprint density at radius 3 is 2.58 bits per heavy atom. The Morgan fingerprint density at radius 2 is 1.89 bits per heavy atom. The second kappa shape index (κ2) is 11.5. The number of hydrogen-bond donors (Lipinski definition) is 1. The van der Waals surface area contributed by atoms with Gasteiger partial charge < -0.3 is 19.7 Å². The van der Waals surface area contributed by atoms with E-state index in [1.165, 1.54) is 23.5 Å². The van der Waals surface area contributed by atoms with Crippen molar-refractivity contribution in [2.45, 2.75) is 32.5 Å². The highest BCUT2D eigenvalue weighted by molar-refractivity contribution is 7.15. The molecule has 3 heterocycles. The van der Waals surface area contributed by atoms with Gasteiger partial charge in [-0.05, 0) is 37.0 Å². The van der Waals surface area contributed by atoms with Crippen molar-refractivity contribution >= 4 is 33.8 Å². The van der Waals surface area contributed by atoms with E-state index in [1.807, 2.05) is 4.90 Å². The SMILES string of the molecule is CC1CCN(c2nnc(CC(=O)c3ccc(OC(F)(F)F)c(NC(=O)CN4CCOCC4)c3)s2)CC1. The average molecular weight is 528 g/mol. The molecule has 36 heavy (non-hydrogen) atoms. The number of alkyl halides is 3. The van der Waals surface area contributed by atoms with Crippen LogP contribution in [0.4, 0.5) is 24.0 Å². The fourth-order valence-electron chi connectivity index (χ4n) is 4.05. The van der Waals surface area contributed by atoms with Gasteiger partial charge in [-0.2, -0.15) is 0 Å². The summed E-state index contributed by atoms with van der Waals surface area (Å²) in [6, 6.07) is 3.48. The molecular formula is C23H28F3N5O4S. The van der Waals surface area contributed by atoms with Gasteiger partial charge in [0.1, 0.15) is 5.01 Å². The lowest BCUT2D eigenvalue weighted by molar-refractivity contribution is -0.274. The number of aromatic nitrogens is 2. The number of nitrogens with one attached hydrogen (secondary N) is 1. The third-order valence-corrected chi connectivity index (χ3v) is 7.08. The van der Waals surface area contributed by atoms with Crippen LogP contribution in [0.2, 0.25) is 0 Å². The molecule has 2 fully saturated rings. The zero-order valence-electron chi connectivity index (χ0n) is 19.8. The van der Waals surface area contributed by atoms with Crippen molar-refractivity contribution < 1.29 is 32.2 Å². The van der Waals surface area contributed by atoms with Gasteiger partial charge >= 0.3 is 6.36 Å². The minimum atomic E-state index is -4.95. The second-order valence-corrected chi connectivity index (χ2v) is 9.98. The highest BCUT2D eigenvalue weighted by Gasteiger charge is 2.33. The molecule has 4 rings (SSSR count). The van der Waals surface area contributed by atoms with E-state index in [0.29, 0.717) is 37.2 Å². The number of hydrogen-bond acceptors (Lipinski definition) is 9. The molecule has 196 valence electrons. The maximum atomic E-state index is 12.9. The predicted molar refractivity (Wildman–Crippen MR) is 128 cm³/mol. The van der Waals surface area contributed by atoms with Gasteiger partial charge in [0, 0.05) is 31.7 Å². The number of Topliss-reactive ketones (excluding diaryl/α,β-unsaturated/α-hetero) is 1. The zero-order chi connectivity index (χ0) is 25.7. The van der Waals surface area contributed by atoms with Gasteiger partial charge in [0.25, 0.3) is 0 Å². The van der Waals surface area contributed by atoms with Crippen molar-refractivity contribution in [1.82, 2.24) is 15.1 Å². The van der Waals surface area contributed by atoms with E-state index < -0.39 is 18.0 Å². The molecule has 2 aliphatic heterocycles. The topological polar surface area (TPSA) is 96.9 Å². The molecular weight excluding hydrogens is 499 g/mol. The van der Waals surface area contributed by atoms with Crippen molar-refractivity contribution in [3.63, 3.8) is 0 Å². The smallest absolute Gasteiger partial charge is 0.404 e. The fraction of sp³-hybridized carbons (Fsp3) is 0.565. The number of rotatable bonds is 8. The van der Waals surface area contributed by atoms with E-state index in [2.05, 4.69) is 32.1 Å². The van der Waals surface area contributed by atoms with Gasteiger partial charge in [-0.1, -0.05) is 18.3 Å². The van der Waals surface area contributed by atoms with Crippen LogP contribution in [0, 0.1) is 5.92 Å². The van der Waals surface area contributed by atoms with Gasteiger partial charge in [0.15, 0.2) is 11.5 Å². The summed E-state index contributed by atoms with van der Waals surface area (Å²) in [6.45, 7) is 6.00. The summed E-state index contributed by atoms with van der Waals surface area (Å²) in [4.78, 5) is 29.4. The van der Waals surface area contributed by atoms with Gasteiger partial charge in [0.05, 0.1) is 31.9 Å². The Balaban J connectivity index is 1.45. The molecule has 13 heteroatoms. The minimum Gasteiger partial charge on any atom is -0.404 e. The first-order valence-corrected chi connectivity index (χ1v) is 12.6. The molecule has 9 nitrogen and oxygen atoms in total. The van der Waals surface area contributed by atoms with Gasteiger partial charge in [-0.3, -0.25) is 14.5 Å². The van der Waals surface area contributed by atoms with E-state index in [-0.39, 0.29) is 30.0 Å². The highest BCUT2D eigenvalue weighted by Crippen LogP contribution is 2.32. The third kappa shape index (κ3) is 7.37. The fourth-order valence-corrected chi connectivity index (χ4v) is 4.94. The number of benzene rings is 1. The average Bonchev–Trinajstić information content (AvgIpc) is 3.28. The lowest BCUT2D eigenvalue weighted by atomic mass is 10.00. The maximum absolute atomic E-state index is 12.9. The second-order valence-electron chi connectivity index (χ2n) is 8.94. The Bertz CT molecular complexity index is 1070. The normalized spacial score (nSPS) is 17.7. The maximum Gasteiger partial charge on any atom is 0.573 e. The molecule has 0 aliphatic carbocycles. The van der Waals surface area contributed by atoms with Crippen molar-refractivity contribution in [2.75, 3.05) is 56.2 Å². The molecule has 1 amide bonds. The molecule has 1 aromatic carbocycles. The van der Waals surface area contributed by atoms with Crippen LogP contribution in [-0.2, 0) is 16.0 Å². The van der Waals surface area contributed by atoms with Gasteiger partial charge in [0.2, 0.25) is 11.0 Å². The molecule has 0 unspecified atom stereocenters. The Hall–Kier alpha value is -2.77. The summed E-state index contributed by atoms with van der Waals surface area (Å²) in [6.07, 6.45) is -2.87. The molecule has 2 aromatic rings. The molecule has 0 atom stereocenters. The minimum absolute atomic E-state index is 0.0180. The number of morpholine rings is 1. The van der Waals surface area contributed by atoms with E-state index in [1.54, 1.807) is 0 Å². The molecule has 2 aliphatic rings. The van der Waals surface area contributed by atoms with Gasteiger partial charge in [-0.15, -0.1) is 23.4 Å². The van der Waals surface area contributed by atoms with Crippen LogP contribution < -0.4 is 15.0 Å². The summed E-state index contributed by atoms with van der Waals surface area (Å²) in [7, 11) is 0. The van der Waals surface area contributed by atoms with Crippen LogP contribution >= 0.6 is 11.3 Å². The highest BCUT2D eigenvalue weighted by atomic mass is 32.1. The van der Waals surface area contributed by atoms with Crippen molar-refractivity contribution in [2.24, 2.45) is 5.92 Å². The molecule has 1 N–H and O–H groups in total. The summed E-state index contributed by atoms with van der Waals surface area (Å²) in [5, 5.41) is 12.1. The van der Waals surface area contributed by atoms with E-state index in [9.17, 15) is 22.8 Å². The number of carbonyl (C=O) groups is 2. The monoisotopic (exact) mass is 527 g/mol. The lowest BCUT2D eigenvalue weighted by Gasteiger charge is -2.29. The number of ether oxygens (including phenoxy) is 2. The lowest BCUT2D eigenvalue weighted by Crippen LogP contribution is -2.41. The first kappa shape index (κ1) is 26.3. The molecule has 0 spiro atoms. The summed E-state index contributed by atoms with van der Waals surface area (Å²) in [5.41, 5.74) is -0.0911. The zero-order valence-corrected chi connectivity index (χ0v) is 20.7. The van der Waals surface area contributed by atoms with Crippen LogP contribution in [0.25, 0.3) is 0 Å². The first-order chi connectivity index (χ1) is 17.2. The number of carbonyl (C=O) groups excluding carboxylic acids is 2. The molecule has 0 saturated carbocycles. The standard InChI is InChI=1S/C23H28F3N5O4S/c1-15-4-6-31(7-5-15)22-29-28-21(36-22)13-18(32)16-2-3-19(35-23(24,25)26)17(12-16)27-20(33)14-30-8-10-34-11-9-30/h2-3,12,15H,4-11,13-14H2,1H3,(H,27,33). The first-order valence-electron chi connectivity index (χ1n) is 11.8. The number of anilines is 2. The van der Waals surface area contributed by atoms with Crippen molar-refractivity contribution in [1.29, 1.82) is 0 Å². The predicted octanol–water partition coefficient (Wildman–Crippen LogP) is 3.37. The molecule has 0 radical (unpaired) electrons. The van der Waals surface area contributed by atoms with Gasteiger partial charge in [-0.25, -0.2) is 0 Å².